The molecular weight excluding hydrogens is 235 g/mol. The van der Waals surface area contributed by atoms with E-state index in [1.807, 2.05) is 12.1 Å². The lowest BCUT2D eigenvalue weighted by molar-refractivity contribution is 0.630. The Kier molecular flexibility index (Phi) is 3.20. The molecule has 19 heavy (non-hydrogen) atoms. The first-order chi connectivity index (χ1) is 9.28. The highest BCUT2D eigenvalue weighted by Crippen LogP contribution is 2.27. The predicted molar refractivity (Wildman–Crippen MR) is 80.0 cm³/mol. The number of benzene rings is 3. The van der Waals surface area contributed by atoms with E-state index in [0.29, 0.717) is 0 Å². The highest BCUT2D eigenvalue weighted by atomic mass is 19.1. The molecule has 0 nitrogen and oxygen atoms in total. The Labute approximate surface area is 112 Å². The summed E-state index contributed by atoms with van der Waals surface area (Å²) >= 11 is 0. The second kappa shape index (κ2) is 5.00. The van der Waals surface area contributed by atoms with Crippen molar-refractivity contribution in [3.05, 3.63) is 59.9 Å². The first-order valence-electron chi connectivity index (χ1n) is 6.89. The number of aryl methyl sites for hydroxylation is 1. The molecule has 0 N–H and O–H groups in total. The maximum atomic E-state index is 13.2. The predicted octanol–water partition coefficient (Wildman–Crippen LogP) is 5.47. The van der Waals surface area contributed by atoms with Crippen molar-refractivity contribution >= 4 is 21.5 Å². The van der Waals surface area contributed by atoms with Gasteiger partial charge < -0.3 is 0 Å². The third-order valence-electron chi connectivity index (χ3n) is 3.68. The average molecular weight is 252 g/mol. The van der Waals surface area contributed by atoms with Crippen LogP contribution in [0, 0.1) is 5.82 Å². The molecule has 0 bridgehead atoms. The second-order valence-corrected chi connectivity index (χ2v) is 5.09. The van der Waals surface area contributed by atoms with Crippen molar-refractivity contribution in [1.29, 1.82) is 0 Å². The molecule has 0 saturated carbocycles. The van der Waals surface area contributed by atoms with E-state index < -0.39 is 0 Å². The molecule has 0 atom stereocenters. The van der Waals surface area contributed by atoms with E-state index in [1.165, 1.54) is 35.2 Å². The molecule has 0 radical (unpaired) electrons. The van der Waals surface area contributed by atoms with Crippen LogP contribution in [0.2, 0.25) is 0 Å². The van der Waals surface area contributed by atoms with Gasteiger partial charge in [0.1, 0.15) is 5.82 Å². The SMILES string of the molecule is CCCCc1ccc2c(ccc3cc(F)ccc32)c1. The zero-order valence-corrected chi connectivity index (χ0v) is 11.1. The lowest BCUT2D eigenvalue weighted by Crippen LogP contribution is -1.86. The van der Waals surface area contributed by atoms with Crippen LogP contribution in [-0.2, 0) is 6.42 Å². The Morgan fingerprint density at radius 1 is 0.842 bits per heavy atom. The normalized spacial score (nSPS) is 11.3. The zero-order chi connectivity index (χ0) is 13.2. The summed E-state index contributed by atoms with van der Waals surface area (Å²) in [5.41, 5.74) is 1.39. The van der Waals surface area contributed by atoms with Gasteiger partial charge in [-0.3, -0.25) is 0 Å². The van der Waals surface area contributed by atoms with E-state index >= 15 is 0 Å². The third-order valence-corrected chi connectivity index (χ3v) is 3.68. The largest absolute Gasteiger partial charge is 0.207 e. The van der Waals surface area contributed by atoms with Gasteiger partial charge in [-0.15, -0.1) is 0 Å². The van der Waals surface area contributed by atoms with Gasteiger partial charge in [-0.25, -0.2) is 4.39 Å². The van der Waals surface area contributed by atoms with Crippen molar-refractivity contribution in [2.75, 3.05) is 0 Å². The van der Waals surface area contributed by atoms with Crippen molar-refractivity contribution in [3.63, 3.8) is 0 Å². The molecule has 3 aromatic rings. The molecular formula is C18H17F. The summed E-state index contributed by atoms with van der Waals surface area (Å²) in [6.07, 6.45) is 3.58. The molecule has 0 aliphatic rings. The smallest absolute Gasteiger partial charge is 0.123 e. The summed E-state index contributed by atoms with van der Waals surface area (Å²) in [6.45, 7) is 2.21. The molecule has 3 aromatic carbocycles. The van der Waals surface area contributed by atoms with Crippen LogP contribution in [0.15, 0.2) is 48.5 Å². The van der Waals surface area contributed by atoms with Crippen LogP contribution in [0.25, 0.3) is 21.5 Å². The highest BCUT2D eigenvalue weighted by Gasteiger charge is 2.03. The van der Waals surface area contributed by atoms with Crippen LogP contribution in [-0.4, -0.2) is 0 Å². The molecule has 0 aromatic heterocycles. The molecule has 0 saturated heterocycles. The van der Waals surface area contributed by atoms with E-state index in [4.69, 9.17) is 0 Å². The monoisotopic (exact) mass is 252 g/mol. The van der Waals surface area contributed by atoms with Gasteiger partial charge in [0.15, 0.2) is 0 Å². The van der Waals surface area contributed by atoms with Gasteiger partial charge in [0.05, 0.1) is 0 Å². The van der Waals surface area contributed by atoms with Crippen molar-refractivity contribution in [2.24, 2.45) is 0 Å². The molecule has 96 valence electrons. The van der Waals surface area contributed by atoms with Crippen LogP contribution >= 0.6 is 0 Å². The molecule has 0 aliphatic carbocycles. The van der Waals surface area contributed by atoms with E-state index in [2.05, 4.69) is 31.2 Å². The van der Waals surface area contributed by atoms with Crippen LogP contribution in [0.1, 0.15) is 25.3 Å². The molecule has 0 aliphatic heterocycles. The van der Waals surface area contributed by atoms with Crippen LogP contribution in [0.3, 0.4) is 0 Å². The fourth-order valence-electron chi connectivity index (χ4n) is 2.63. The minimum absolute atomic E-state index is 0.175. The summed E-state index contributed by atoms with van der Waals surface area (Å²) in [5, 5.41) is 4.54. The zero-order valence-electron chi connectivity index (χ0n) is 11.1. The summed E-state index contributed by atoms with van der Waals surface area (Å²) < 4.78 is 13.2. The van der Waals surface area contributed by atoms with Crippen molar-refractivity contribution < 1.29 is 4.39 Å². The lowest BCUT2D eigenvalue weighted by atomic mass is 9.98. The van der Waals surface area contributed by atoms with Gasteiger partial charge in [-0.2, -0.15) is 0 Å². The number of hydrogen-bond acceptors (Lipinski definition) is 0. The van der Waals surface area contributed by atoms with Crippen LogP contribution in [0.5, 0.6) is 0 Å². The highest BCUT2D eigenvalue weighted by molar-refractivity contribution is 6.07. The maximum absolute atomic E-state index is 13.2. The topological polar surface area (TPSA) is 0 Å². The first-order valence-corrected chi connectivity index (χ1v) is 6.89. The molecule has 0 amide bonds. The molecule has 3 rings (SSSR count). The molecule has 0 fully saturated rings. The van der Waals surface area contributed by atoms with Crippen LogP contribution in [0.4, 0.5) is 4.39 Å². The number of rotatable bonds is 3. The summed E-state index contributed by atoms with van der Waals surface area (Å²) in [7, 11) is 0. The van der Waals surface area contributed by atoms with Gasteiger partial charge >= 0.3 is 0 Å². The number of halogens is 1. The fourth-order valence-corrected chi connectivity index (χ4v) is 2.63. The maximum Gasteiger partial charge on any atom is 0.123 e. The Balaban J connectivity index is 2.15. The molecule has 0 heterocycles. The summed E-state index contributed by atoms with van der Waals surface area (Å²) in [5.74, 6) is -0.175. The number of unbranched alkanes of at least 4 members (excludes halogenated alkanes) is 1. The van der Waals surface area contributed by atoms with Crippen molar-refractivity contribution in [3.8, 4) is 0 Å². The minimum Gasteiger partial charge on any atom is -0.207 e. The van der Waals surface area contributed by atoms with Gasteiger partial charge in [0.2, 0.25) is 0 Å². The van der Waals surface area contributed by atoms with Gasteiger partial charge in [0, 0.05) is 0 Å². The van der Waals surface area contributed by atoms with E-state index in [9.17, 15) is 4.39 Å². The molecule has 1 heteroatoms. The number of fused-ring (bicyclic) bond motifs is 3. The van der Waals surface area contributed by atoms with Crippen molar-refractivity contribution in [2.45, 2.75) is 26.2 Å². The lowest BCUT2D eigenvalue weighted by Gasteiger charge is -2.07. The molecule has 0 unspecified atom stereocenters. The summed E-state index contributed by atoms with van der Waals surface area (Å²) in [6, 6.07) is 15.7. The Morgan fingerprint density at radius 3 is 2.26 bits per heavy atom. The first kappa shape index (κ1) is 12.2. The van der Waals surface area contributed by atoms with E-state index in [1.54, 1.807) is 6.07 Å². The standard InChI is InChI=1S/C18H17F/c1-2-3-4-13-5-9-17-14(11-13)6-7-15-12-16(19)8-10-18(15)17/h5-12H,2-4H2,1H3. The van der Waals surface area contributed by atoms with Crippen LogP contribution < -0.4 is 0 Å². The second-order valence-electron chi connectivity index (χ2n) is 5.09. The van der Waals surface area contributed by atoms with Gasteiger partial charge in [-0.05, 0) is 52.1 Å². The number of hydrogen-bond donors (Lipinski definition) is 0. The average Bonchev–Trinajstić information content (AvgIpc) is 2.44. The fraction of sp³-hybridized carbons (Fsp3) is 0.222. The Hall–Kier alpha value is -1.89. The van der Waals surface area contributed by atoms with E-state index in [0.717, 1.165) is 17.2 Å². The van der Waals surface area contributed by atoms with Gasteiger partial charge in [-0.1, -0.05) is 49.7 Å². The Morgan fingerprint density at radius 2 is 1.53 bits per heavy atom. The minimum atomic E-state index is -0.175. The third kappa shape index (κ3) is 2.33. The van der Waals surface area contributed by atoms with E-state index in [-0.39, 0.29) is 5.82 Å². The molecule has 0 spiro atoms. The van der Waals surface area contributed by atoms with Crippen molar-refractivity contribution in [1.82, 2.24) is 0 Å². The van der Waals surface area contributed by atoms with Gasteiger partial charge in [0.25, 0.3) is 0 Å². The Bertz CT molecular complexity index is 728. The quantitative estimate of drug-likeness (QED) is 0.542. The summed E-state index contributed by atoms with van der Waals surface area (Å²) in [4.78, 5) is 0.